The molecule has 20 heavy (non-hydrogen) atoms. The molecule has 1 aliphatic rings. The second-order valence-corrected chi connectivity index (χ2v) is 5.70. The quantitative estimate of drug-likeness (QED) is 0.904. The van der Waals surface area contributed by atoms with Crippen molar-refractivity contribution in [2.45, 2.75) is 32.9 Å². The molecule has 0 bridgehead atoms. The van der Waals surface area contributed by atoms with Crippen molar-refractivity contribution in [3.05, 3.63) is 36.0 Å². The number of hydrogen-bond acceptors (Lipinski definition) is 2. The summed E-state index contributed by atoms with van der Waals surface area (Å²) >= 11 is 0. The first-order chi connectivity index (χ1) is 9.86. The topological polar surface area (TPSA) is 26.2 Å². The van der Waals surface area contributed by atoms with Gasteiger partial charge in [0.25, 0.3) is 0 Å². The first-order valence-electron chi connectivity index (χ1n) is 7.73. The van der Waals surface area contributed by atoms with Crippen LogP contribution < -0.4 is 5.32 Å². The van der Waals surface area contributed by atoms with Gasteiger partial charge in [0.15, 0.2) is 0 Å². The molecule has 3 rings (SSSR count). The van der Waals surface area contributed by atoms with Gasteiger partial charge in [-0.3, -0.25) is 0 Å². The monoisotopic (exact) mass is 272 g/mol. The number of hydrogen-bond donors (Lipinski definition) is 1. The lowest BCUT2D eigenvalue weighted by Crippen LogP contribution is -2.20. The molecule has 108 valence electrons. The second-order valence-electron chi connectivity index (χ2n) is 5.70. The minimum absolute atomic E-state index is 0.761. The number of benzene rings is 1. The number of aromatic nitrogens is 1. The summed E-state index contributed by atoms with van der Waals surface area (Å²) < 4.78 is 7.87. The fourth-order valence-corrected chi connectivity index (χ4v) is 2.98. The molecule has 0 spiro atoms. The van der Waals surface area contributed by atoms with E-state index in [-0.39, 0.29) is 0 Å². The summed E-state index contributed by atoms with van der Waals surface area (Å²) in [5.41, 5.74) is 2.73. The number of ether oxygens (including phenoxy) is 1. The third-order valence-electron chi connectivity index (χ3n) is 4.21. The van der Waals surface area contributed by atoms with E-state index in [1.165, 1.54) is 29.3 Å². The van der Waals surface area contributed by atoms with E-state index in [1.54, 1.807) is 0 Å². The van der Waals surface area contributed by atoms with Crippen LogP contribution in [0.5, 0.6) is 0 Å². The predicted octanol–water partition coefficient (Wildman–Crippen LogP) is 3.18. The lowest BCUT2D eigenvalue weighted by atomic mass is 10.0. The van der Waals surface area contributed by atoms with E-state index in [2.05, 4.69) is 47.3 Å². The lowest BCUT2D eigenvalue weighted by molar-refractivity contribution is 0.0616. The van der Waals surface area contributed by atoms with Gasteiger partial charge in [-0.15, -0.1) is 0 Å². The zero-order valence-corrected chi connectivity index (χ0v) is 12.3. The van der Waals surface area contributed by atoms with Gasteiger partial charge in [-0.05, 0) is 48.4 Å². The van der Waals surface area contributed by atoms with Gasteiger partial charge < -0.3 is 14.6 Å². The van der Waals surface area contributed by atoms with Gasteiger partial charge >= 0.3 is 0 Å². The van der Waals surface area contributed by atoms with Crippen molar-refractivity contribution in [3.8, 4) is 0 Å². The summed E-state index contributed by atoms with van der Waals surface area (Å²) in [4.78, 5) is 0. The van der Waals surface area contributed by atoms with E-state index in [9.17, 15) is 0 Å². The van der Waals surface area contributed by atoms with E-state index in [1.807, 2.05) is 0 Å². The van der Waals surface area contributed by atoms with Crippen LogP contribution in [0.25, 0.3) is 10.9 Å². The fraction of sp³-hybridized carbons (Fsp3) is 0.529. The van der Waals surface area contributed by atoms with Gasteiger partial charge in [0.05, 0.1) is 0 Å². The number of rotatable bonds is 5. The van der Waals surface area contributed by atoms with Crippen molar-refractivity contribution in [1.82, 2.24) is 9.88 Å². The molecule has 0 radical (unpaired) electrons. The molecule has 1 saturated heterocycles. The molecule has 0 saturated carbocycles. The molecule has 3 nitrogen and oxygen atoms in total. The van der Waals surface area contributed by atoms with Gasteiger partial charge in [0.2, 0.25) is 0 Å². The van der Waals surface area contributed by atoms with Crippen LogP contribution in [0, 0.1) is 5.92 Å². The van der Waals surface area contributed by atoms with Crippen LogP contribution >= 0.6 is 0 Å². The van der Waals surface area contributed by atoms with Gasteiger partial charge in [0.1, 0.15) is 0 Å². The minimum atomic E-state index is 0.761. The number of nitrogens with zero attached hydrogens (tertiary/aromatic N) is 1. The van der Waals surface area contributed by atoms with Crippen LogP contribution in [-0.2, 0) is 17.8 Å². The van der Waals surface area contributed by atoms with Crippen molar-refractivity contribution < 1.29 is 4.74 Å². The van der Waals surface area contributed by atoms with Gasteiger partial charge in [-0.2, -0.15) is 0 Å². The normalized spacial score (nSPS) is 16.9. The molecule has 0 unspecified atom stereocenters. The zero-order chi connectivity index (χ0) is 13.8. The molecule has 1 fully saturated rings. The predicted molar refractivity (Wildman–Crippen MR) is 82.9 cm³/mol. The lowest BCUT2D eigenvalue weighted by Gasteiger charge is -2.22. The zero-order valence-electron chi connectivity index (χ0n) is 12.3. The molecule has 0 atom stereocenters. The third-order valence-corrected chi connectivity index (χ3v) is 4.21. The van der Waals surface area contributed by atoms with E-state index in [4.69, 9.17) is 4.74 Å². The fourth-order valence-electron chi connectivity index (χ4n) is 2.98. The summed E-state index contributed by atoms with van der Waals surface area (Å²) in [6.45, 7) is 7.09. The molecule has 1 N–H and O–H groups in total. The number of nitrogens with one attached hydrogen (secondary N) is 1. The number of fused-ring (bicyclic) bond motifs is 1. The van der Waals surface area contributed by atoms with Crippen molar-refractivity contribution in [1.29, 1.82) is 0 Å². The Hall–Kier alpha value is -1.32. The maximum absolute atomic E-state index is 5.45. The van der Waals surface area contributed by atoms with E-state index in [0.29, 0.717) is 0 Å². The third kappa shape index (κ3) is 3.05. The molecule has 1 aliphatic heterocycles. The molecule has 2 heterocycles. The minimum Gasteiger partial charge on any atom is -0.381 e. The maximum Gasteiger partial charge on any atom is 0.0483 e. The summed E-state index contributed by atoms with van der Waals surface area (Å²) in [5, 5.41) is 4.74. The van der Waals surface area contributed by atoms with Gasteiger partial charge in [-0.1, -0.05) is 19.1 Å². The Labute approximate surface area is 120 Å². The Morgan fingerprint density at radius 2 is 2.10 bits per heavy atom. The van der Waals surface area contributed by atoms with Crippen LogP contribution in [0.15, 0.2) is 30.5 Å². The standard InChI is InChI=1S/C17H24N2O/c1-2-18-12-15-3-4-16-5-8-19(17(16)11-15)13-14-6-9-20-10-7-14/h3-5,8,11,14,18H,2,6-7,9-10,12-13H2,1H3. The van der Waals surface area contributed by atoms with Crippen molar-refractivity contribution in [3.63, 3.8) is 0 Å². The highest BCUT2D eigenvalue weighted by molar-refractivity contribution is 5.80. The Morgan fingerprint density at radius 1 is 1.25 bits per heavy atom. The molecule has 3 heteroatoms. The first-order valence-corrected chi connectivity index (χ1v) is 7.73. The summed E-state index contributed by atoms with van der Waals surface area (Å²) in [5.74, 6) is 0.761. The Morgan fingerprint density at radius 3 is 2.90 bits per heavy atom. The Bertz CT molecular complexity index is 555. The summed E-state index contributed by atoms with van der Waals surface area (Å²) in [6, 6.07) is 9.02. The van der Waals surface area contributed by atoms with Gasteiger partial charge in [-0.25, -0.2) is 0 Å². The van der Waals surface area contributed by atoms with Crippen LogP contribution in [0.2, 0.25) is 0 Å². The largest absolute Gasteiger partial charge is 0.381 e. The van der Waals surface area contributed by atoms with Crippen molar-refractivity contribution >= 4 is 10.9 Å². The smallest absolute Gasteiger partial charge is 0.0483 e. The maximum atomic E-state index is 5.45. The molecule has 2 aromatic rings. The van der Waals surface area contributed by atoms with Crippen molar-refractivity contribution in [2.75, 3.05) is 19.8 Å². The van der Waals surface area contributed by atoms with Crippen molar-refractivity contribution in [2.24, 2.45) is 5.92 Å². The average Bonchev–Trinajstić information content (AvgIpc) is 2.89. The van der Waals surface area contributed by atoms with E-state index >= 15 is 0 Å². The molecular formula is C17H24N2O. The molecular weight excluding hydrogens is 248 g/mol. The van der Waals surface area contributed by atoms with Crippen LogP contribution in [0.3, 0.4) is 0 Å². The molecule has 1 aromatic carbocycles. The Balaban J connectivity index is 1.79. The summed E-state index contributed by atoms with van der Waals surface area (Å²) in [7, 11) is 0. The Kier molecular flexibility index (Phi) is 4.38. The van der Waals surface area contributed by atoms with E-state index in [0.717, 1.165) is 38.8 Å². The summed E-state index contributed by atoms with van der Waals surface area (Å²) in [6.07, 6.45) is 4.62. The molecule has 1 aromatic heterocycles. The van der Waals surface area contributed by atoms with E-state index < -0.39 is 0 Å². The van der Waals surface area contributed by atoms with Crippen LogP contribution in [-0.4, -0.2) is 24.3 Å². The SMILES string of the molecule is CCNCc1ccc2ccn(CC3CCOCC3)c2c1. The highest BCUT2D eigenvalue weighted by Gasteiger charge is 2.15. The molecule has 0 amide bonds. The first kappa shape index (κ1) is 13.7. The van der Waals surface area contributed by atoms with Crippen LogP contribution in [0.1, 0.15) is 25.3 Å². The van der Waals surface area contributed by atoms with Gasteiger partial charge in [0, 0.05) is 38.0 Å². The average molecular weight is 272 g/mol. The molecule has 0 aliphatic carbocycles. The highest BCUT2D eigenvalue weighted by Crippen LogP contribution is 2.22. The second kappa shape index (κ2) is 6.42. The highest BCUT2D eigenvalue weighted by atomic mass is 16.5. The van der Waals surface area contributed by atoms with Crippen LogP contribution in [0.4, 0.5) is 0 Å².